The van der Waals surface area contributed by atoms with Crippen LogP contribution in [0.15, 0.2) is 110 Å². The van der Waals surface area contributed by atoms with Crippen molar-refractivity contribution in [3.8, 4) is 11.3 Å². The van der Waals surface area contributed by atoms with E-state index in [0.29, 0.717) is 0 Å². The fourth-order valence-corrected chi connectivity index (χ4v) is 3.39. The summed E-state index contributed by atoms with van der Waals surface area (Å²) in [5.41, 5.74) is 4.03. The molecule has 2 heteroatoms. The van der Waals surface area contributed by atoms with E-state index in [1.807, 2.05) is 71.0 Å². The van der Waals surface area contributed by atoms with Crippen LogP contribution >= 0.6 is 0 Å². The molecule has 0 amide bonds. The molecule has 0 spiro atoms. The second kappa shape index (κ2) is 13.6. The Kier molecular flexibility index (Phi) is 10.5. The number of nitrogens with zero attached hydrogens (tertiary/aromatic N) is 2. The van der Waals surface area contributed by atoms with E-state index in [0.717, 1.165) is 38.9 Å². The zero-order valence-corrected chi connectivity index (χ0v) is 20.4. The largest absolute Gasteiger partial charge is 0.227 e. The first-order valence-electron chi connectivity index (χ1n) is 11.5. The number of benzene rings is 3. The Morgan fingerprint density at radius 2 is 1.42 bits per heavy atom. The number of hydrogen-bond acceptors (Lipinski definition) is 2. The first-order chi connectivity index (χ1) is 16.2. The maximum atomic E-state index is 5.00. The highest BCUT2D eigenvalue weighted by Crippen LogP contribution is 2.32. The van der Waals surface area contributed by atoms with Gasteiger partial charge in [0.25, 0.3) is 0 Å². The topological polar surface area (TPSA) is 25.8 Å². The number of aromatic nitrogens is 2. The maximum Gasteiger partial charge on any atom is 0.160 e. The third kappa shape index (κ3) is 6.36. The minimum absolute atomic E-state index is 0.735. The second-order valence-corrected chi connectivity index (χ2v) is 7.00. The van der Waals surface area contributed by atoms with E-state index in [1.165, 1.54) is 5.39 Å². The second-order valence-electron chi connectivity index (χ2n) is 7.00. The third-order valence-corrected chi connectivity index (χ3v) is 4.71. The van der Waals surface area contributed by atoms with Crippen LogP contribution in [0.1, 0.15) is 40.4 Å². The monoisotopic (exact) mass is 434 g/mol. The smallest absolute Gasteiger partial charge is 0.160 e. The summed E-state index contributed by atoms with van der Waals surface area (Å²) in [5.74, 6) is 0.735. The molecule has 0 aliphatic carbocycles. The quantitative estimate of drug-likeness (QED) is 0.182. The van der Waals surface area contributed by atoms with Crippen molar-refractivity contribution >= 4 is 27.2 Å². The Labute approximate surface area is 198 Å². The molecular formula is C31H34N2. The van der Waals surface area contributed by atoms with Crippen molar-refractivity contribution in [2.45, 2.75) is 34.6 Å². The first kappa shape index (κ1) is 25.5. The Hall–Kier alpha value is -3.78. The van der Waals surface area contributed by atoms with E-state index >= 15 is 0 Å². The summed E-state index contributed by atoms with van der Waals surface area (Å²) in [6, 6.07) is 23.0. The van der Waals surface area contributed by atoms with Crippen molar-refractivity contribution in [1.29, 1.82) is 0 Å². The van der Waals surface area contributed by atoms with Crippen molar-refractivity contribution in [2.24, 2.45) is 0 Å². The van der Waals surface area contributed by atoms with Crippen LogP contribution in [0.2, 0.25) is 0 Å². The van der Waals surface area contributed by atoms with Crippen LogP contribution < -0.4 is 0 Å². The first-order valence-corrected chi connectivity index (χ1v) is 11.5. The van der Waals surface area contributed by atoms with Crippen LogP contribution in [0.4, 0.5) is 0 Å². The molecule has 3 aromatic carbocycles. The van der Waals surface area contributed by atoms with Gasteiger partial charge in [-0.05, 0) is 32.2 Å². The van der Waals surface area contributed by atoms with Crippen LogP contribution in [-0.4, -0.2) is 9.97 Å². The van der Waals surface area contributed by atoms with Crippen molar-refractivity contribution in [3.05, 3.63) is 116 Å². The van der Waals surface area contributed by atoms with Gasteiger partial charge in [-0.3, -0.25) is 0 Å². The number of fused-ring (bicyclic) bond motifs is 3. The van der Waals surface area contributed by atoms with E-state index in [-0.39, 0.29) is 0 Å². The van der Waals surface area contributed by atoms with Gasteiger partial charge in [0, 0.05) is 21.9 Å². The Morgan fingerprint density at radius 1 is 0.758 bits per heavy atom. The predicted octanol–water partition coefficient (Wildman–Crippen LogP) is 9.20. The van der Waals surface area contributed by atoms with Crippen LogP contribution in [0, 0.1) is 0 Å². The summed E-state index contributed by atoms with van der Waals surface area (Å²) in [7, 11) is 0. The van der Waals surface area contributed by atoms with Gasteiger partial charge in [0.15, 0.2) is 5.82 Å². The molecule has 0 aliphatic heterocycles. The zero-order chi connectivity index (χ0) is 24.1. The summed E-state index contributed by atoms with van der Waals surface area (Å²) in [4.78, 5) is 9.98. The normalized spacial score (nSPS) is 11.2. The highest BCUT2D eigenvalue weighted by molar-refractivity contribution is 6.09. The zero-order valence-electron chi connectivity index (χ0n) is 20.4. The molecule has 0 bridgehead atoms. The summed E-state index contributed by atoms with van der Waals surface area (Å²) in [6.45, 7) is 13.3. The molecule has 0 saturated heterocycles. The van der Waals surface area contributed by atoms with Crippen molar-refractivity contribution in [1.82, 2.24) is 9.97 Å². The van der Waals surface area contributed by atoms with Crippen molar-refractivity contribution in [3.63, 3.8) is 0 Å². The number of hydrogen-bond donors (Lipinski definition) is 0. The van der Waals surface area contributed by atoms with Crippen LogP contribution in [0.25, 0.3) is 38.5 Å². The lowest BCUT2D eigenvalue weighted by Crippen LogP contribution is -1.98. The van der Waals surface area contributed by atoms with E-state index in [1.54, 1.807) is 6.08 Å². The molecule has 168 valence electrons. The Balaban J connectivity index is 0.000000714. The molecule has 0 aliphatic rings. The predicted molar refractivity (Wildman–Crippen MR) is 147 cm³/mol. The molecule has 2 nitrogen and oxygen atoms in total. The van der Waals surface area contributed by atoms with Crippen molar-refractivity contribution in [2.75, 3.05) is 0 Å². The van der Waals surface area contributed by atoms with Crippen molar-refractivity contribution < 1.29 is 0 Å². The minimum atomic E-state index is 0.735. The van der Waals surface area contributed by atoms with Gasteiger partial charge in [-0.1, -0.05) is 111 Å². The molecule has 0 saturated carbocycles. The van der Waals surface area contributed by atoms with Gasteiger partial charge in [0.2, 0.25) is 0 Å². The summed E-state index contributed by atoms with van der Waals surface area (Å²) < 4.78 is 0. The highest BCUT2D eigenvalue weighted by atomic mass is 14.9. The van der Waals surface area contributed by atoms with E-state index in [2.05, 4.69) is 67.3 Å². The average Bonchev–Trinajstić information content (AvgIpc) is 2.88. The molecule has 0 unspecified atom stereocenters. The molecule has 1 heterocycles. The lowest BCUT2D eigenvalue weighted by molar-refractivity contribution is 1.18. The van der Waals surface area contributed by atoms with E-state index in [9.17, 15) is 0 Å². The van der Waals surface area contributed by atoms with Gasteiger partial charge in [0.05, 0.1) is 11.2 Å². The van der Waals surface area contributed by atoms with E-state index in [4.69, 9.17) is 9.97 Å². The van der Waals surface area contributed by atoms with Crippen LogP contribution in [-0.2, 0) is 0 Å². The number of rotatable bonds is 4. The van der Waals surface area contributed by atoms with Gasteiger partial charge >= 0.3 is 0 Å². The molecule has 33 heavy (non-hydrogen) atoms. The van der Waals surface area contributed by atoms with Crippen LogP contribution in [0.3, 0.4) is 0 Å². The molecule has 4 rings (SSSR count). The Bertz CT molecular complexity index is 1260. The number of allylic oxidation sites excluding steroid dienone is 7. The van der Waals surface area contributed by atoms with Gasteiger partial charge in [-0.15, -0.1) is 6.58 Å². The lowest BCUT2D eigenvalue weighted by Gasteiger charge is -2.11. The molecule has 0 atom stereocenters. The molecule has 1 aromatic heterocycles. The van der Waals surface area contributed by atoms with Crippen LogP contribution in [0.5, 0.6) is 0 Å². The van der Waals surface area contributed by atoms with Gasteiger partial charge in [-0.2, -0.15) is 0 Å². The minimum Gasteiger partial charge on any atom is -0.227 e. The average molecular weight is 435 g/mol. The SMILES string of the molecule is C=CC.CC.C\C=C/C=C(\C=C\C)c1nc(-c2ccccc2)c2ccc3ccccc3c2n1. The fourth-order valence-electron chi connectivity index (χ4n) is 3.39. The summed E-state index contributed by atoms with van der Waals surface area (Å²) in [5, 5.41) is 3.40. The van der Waals surface area contributed by atoms with Gasteiger partial charge in [-0.25, -0.2) is 9.97 Å². The fraction of sp³-hybridized carbons (Fsp3) is 0.161. The summed E-state index contributed by atoms with van der Waals surface area (Å²) in [6.07, 6.45) is 11.9. The lowest BCUT2D eigenvalue weighted by atomic mass is 10.0. The summed E-state index contributed by atoms with van der Waals surface area (Å²) >= 11 is 0. The molecule has 0 fully saturated rings. The molecular weight excluding hydrogens is 400 g/mol. The molecule has 0 radical (unpaired) electrons. The van der Waals surface area contributed by atoms with Gasteiger partial charge < -0.3 is 0 Å². The molecule has 0 N–H and O–H groups in total. The third-order valence-electron chi connectivity index (χ3n) is 4.71. The maximum absolute atomic E-state index is 5.00. The molecule has 4 aromatic rings. The van der Waals surface area contributed by atoms with Gasteiger partial charge in [0.1, 0.15) is 0 Å². The highest BCUT2D eigenvalue weighted by Gasteiger charge is 2.13. The Morgan fingerprint density at radius 3 is 2.09 bits per heavy atom. The standard InChI is InChI=1S/C26H22N2.C3H6.C2H6/c1-3-5-12-21(11-4-2)26-27-24(20-14-7-6-8-15-20)23-18-17-19-13-9-10-16-22(19)25(23)28-26;1-3-2;1-2/h3-18H,1-2H3;3H,1H2,2H3;1-2H3/b5-3-,11-4+,21-12+;;. The van der Waals surface area contributed by atoms with E-state index < -0.39 is 0 Å².